The van der Waals surface area contributed by atoms with Crippen LogP contribution >= 0.6 is 22.9 Å². The lowest BCUT2D eigenvalue weighted by Gasteiger charge is -2.11. The van der Waals surface area contributed by atoms with E-state index in [1.165, 1.54) is 9.75 Å². The standard InChI is InChI=1S/C10H12ClN5S/c1-5-3-4-7(17-5)6(2)13-10-15-8(11)14-9(12)16-10/h3-4,6H,1-2H3,(H3,12,13,14,15,16). The Hall–Kier alpha value is -1.40. The zero-order chi connectivity index (χ0) is 12.4. The molecule has 1 unspecified atom stereocenters. The van der Waals surface area contributed by atoms with Gasteiger partial charge >= 0.3 is 0 Å². The summed E-state index contributed by atoms with van der Waals surface area (Å²) in [6.45, 7) is 4.10. The van der Waals surface area contributed by atoms with Gasteiger partial charge in [-0.05, 0) is 37.6 Å². The van der Waals surface area contributed by atoms with Crippen molar-refractivity contribution in [1.29, 1.82) is 0 Å². The van der Waals surface area contributed by atoms with E-state index < -0.39 is 0 Å². The number of nitrogen functional groups attached to an aromatic ring is 1. The Kier molecular flexibility index (Phi) is 3.44. The van der Waals surface area contributed by atoms with Crippen LogP contribution in [0, 0.1) is 6.92 Å². The molecule has 2 rings (SSSR count). The average Bonchev–Trinajstić information content (AvgIpc) is 2.63. The molecule has 5 nitrogen and oxygen atoms in total. The molecular weight excluding hydrogens is 258 g/mol. The zero-order valence-corrected chi connectivity index (χ0v) is 11.0. The molecule has 0 aliphatic heterocycles. The first-order chi connectivity index (χ1) is 8.04. The first kappa shape index (κ1) is 12.1. The van der Waals surface area contributed by atoms with Crippen molar-refractivity contribution < 1.29 is 0 Å². The number of hydrogen-bond donors (Lipinski definition) is 2. The van der Waals surface area contributed by atoms with E-state index in [0.29, 0.717) is 5.95 Å². The second-order valence-electron chi connectivity index (χ2n) is 3.60. The van der Waals surface area contributed by atoms with Gasteiger partial charge in [0.25, 0.3) is 0 Å². The maximum Gasteiger partial charge on any atom is 0.229 e. The molecule has 0 aliphatic rings. The molecular formula is C10H12ClN5S. The van der Waals surface area contributed by atoms with Gasteiger partial charge in [-0.1, -0.05) is 0 Å². The van der Waals surface area contributed by atoms with Gasteiger partial charge < -0.3 is 11.1 Å². The monoisotopic (exact) mass is 269 g/mol. The van der Waals surface area contributed by atoms with Crippen molar-refractivity contribution in [3.05, 3.63) is 27.2 Å². The summed E-state index contributed by atoms with van der Waals surface area (Å²) < 4.78 is 0. The van der Waals surface area contributed by atoms with E-state index in [-0.39, 0.29) is 17.3 Å². The van der Waals surface area contributed by atoms with Gasteiger partial charge in [0, 0.05) is 9.75 Å². The van der Waals surface area contributed by atoms with Gasteiger partial charge in [0.1, 0.15) is 0 Å². The number of halogens is 1. The zero-order valence-electron chi connectivity index (χ0n) is 9.44. The molecule has 0 aliphatic carbocycles. The number of aryl methyl sites for hydroxylation is 1. The fourth-order valence-electron chi connectivity index (χ4n) is 1.38. The molecule has 0 saturated heterocycles. The Balaban J connectivity index is 2.15. The molecule has 0 spiro atoms. The number of rotatable bonds is 3. The lowest BCUT2D eigenvalue weighted by Crippen LogP contribution is -2.10. The second kappa shape index (κ2) is 4.85. The van der Waals surface area contributed by atoms with Crippen LogP contribution in [0.2, 0.25) is 5.28 Å². The van der Waals surface area contributed by atoms with Crippen molar-refractivity contribution in [3.63, 3.8) is 0 Å². The predicted octanol–water partition coefficient (Wildman–Crippen LogP) is 2.65. The van der Waals surface area contributed by atoms with Gasteiger partial charge in [0.05, 0.1) is 6.04 Å². The highest BCUT2D eigenvalue weighted by atomic mass is 35.5. The molecule has 0 amide bonds. The van der Waals surface area contributed by atoms with Crippen LogP contribution in [0.3, 0.4) is 0 Å². The molecule has 0 saturated carbocycles. The summed E-state index contributed by atoms with van der Waals surface area (Å²) in [5, 5.41) is 3.23. The Labute approximate surface area is 108 Å². The fraction of sp³-hybridized carbons (Fsp3) is 0.300. The van der Waals surface area contributed by atoms with E-state index in [0.717, 1.165) is 0 Å². The van der Waals surface area contributed by atoms with Crippen LogP contribution in [0.25, 0.3) is 0 Å². The molecule has 0 radical (unpaired) electrons. The molecule has 0 fully saturated rings. The molecule has 3 N–H and O–H groups in total. The summed E-state index contributed by atoms with van der Waals surface area (Å²) in [5.74, 6) is 0.503. The van der Waals surface area contributed by atoms with Gasteiger partial charge in [0.15, 0.2) is 0 Å². The van der Waals surface area contributed by atoms with Crippen LogP contribution in [0.15, 0.2) is 12.1 Å². The minimum atomic E-state index is 0.0922. The SMILES string of the molecule is Cc1ccc(C(C)Nc2nc(N)nc(Cl)n2)s1. The quantitative estimate of drug-likeness (QED) is 0.896. The van der Waals surface area contributed by atoms with E-state index in [1.807, 2.05) is 6.92 Å². The second-order valence-corrected chi connectivity index (χ2v) is 5.26. The number of nitrogens with zero attached hydrogens (tertiary/aromatic N) is 3. The van der Waals surface area contributed by atoms with Crippen LogP contribution in [0.5, 0.6) is 0 Å². The highest BCUT2D eigenvalue weighted by Gasteiger charge is 2.10. The molecule has 90 valence electrons. The Morgan fingerprint density at radius 3 is 2.71 bits per heavy atom. The van der Waals surface area contributed by atoms with Crippen LogP contribution in [-0.4, -0.2) is 15.0 Å². The summed E-state index contributed by atoms with van der Waals surface area (Å²) in [4.78, 5) is 14.1. The van der Waals surface area contributed by atoms with Gasteiger partial charge in [-0.3, -0.25) is 0 Å². The Bertz CT molecular complexity index is 507. The van der Waals surface area contributed by atoms with Gasteiger partial charge in [0.2, 0.25) is 17.2 Å². The number of hydrogen-bond acceptors (Lipinski definition) is 6. The average molecular weight is 270 g/mol. The maximum atomic E-state index is 5.70. The van der Waals surface area contributed by atoms with E-state index >= 15 is 0 Å². The van der Waals surface area contributed by atoms with Crippen LogP contribution in [0.1, 0.15) is 22.7 Å². The summed E-state index contributed by atoms with van der Waals surface area (Å²) in [6, 6.07) is 4.25. The van der Waals surface area contributed by atoms with E-state index in [9.17, 15) is 0 Å². The smallest absolute Gasteiger partial charge is 0.229 e. The maximum absolute atomic E-state index is 5.70. The summed E-state index contributed by atoms with van der Waals surface area (Å²) in [7, 11) is 0. The summed E-state index contributed by atoms with van der Waals surface area (Å²) in [6.07, 6.45) is 0. The van der Waals surface area contributed by atoms with E-state index in [1.54, 1.807) is 11.3 Å². The molecule has 0 bridgehead atoms. The summed E-state index contributed by atoms with van der Waals surface area (Å²) in [5.41, 5.74) is 5.49. The van der Waals surface area contributed by atoms with E-state index in [2.05, 4.69) is 39.3 Å². The van der Waals surface area contributed by atoms with Gasteiger partial charge in [-0.15, -0.1) is 11.3 Å². The first-order valence-electron chi connectivity index (χ1n) is 5.04. The van der Waals surface area contributed by atoms with Crippen molar-refractivity contribution in [3.8, 4) is 0 Å². The molecule has 1 atom stereocenters. The highest BCUT2D eigenvalue weighted by molar-refractivity contribution is 7.12. The molecule has 0 aromatic carbocycles. The van der Waals surface area contributed by atoms with Crippen LogP contribution in [0.4, 0.5) is 11.9 Å². The third-order valence-electron chi connectivity index (χ3n) is 2.16. The fourth-order valence-corrected chi connectivity index (χ4v) is 2.43. The van der Waals surface area contributed by atoms with Crippen LogP contribution < -0.4 is 11.1 Å². The molecule has 2 heterocycles. The van der Waals surface area contributed by atoms with Crippen molar-refractivity contribution in [2.45, 2.75) is 19.9 Å². The molecule has 2 aromatic heterocycles. The lowest BCUT2D eigenvalue weighted by molar-refractivity contribution is 0.874. The van der Waals surface area contributed by atoms with Gasteiger partial charge in [-0.25, -0.2) is 0 Å². The predicted molar refractivity (Wildman–Crippen MR) is 70.3 cm³/mol. The first-order valence-corrected chi connectivity index (χ1v) is 6.24. The largest absolute Gasteiger partial charge is 0.368 e. The van der Waals surface area contributed by atoms with Crippen molar-refractivity contribution in [2.75, 3.05) is 11.1 Å². The number of anilines is 2. The topological polar surface area (TPSA) is 76.7 Å². The van der Waals surface area contributed by atoms with Crippen LogP contribution in [-0.2, 0) is 0 Å². The Morgan fingerprint density at radius 1 is 1.35 bits per heavy atom. The van der Waals surface area contributed by atoms with E-state index in [4.69, 9.17) is 17.3 Å². The summed E-state index contributed by atoms with van der Waals surface area (Å²) >= 11 is 7.43. The van der Waals surface area contributed by atoms with Gasteiger partial charge in [-0.2, -0.15) is 15.0 Å². The minimum Gasteiger partial charge on any atom is -0.368 e. The lowest BCUT2D eigenvalue weighted by atomic mass is 10.3. The third-order valence-corrected chi connectivity index (χ3v) is 3.51. The third kappa shape index (κ3) is 3.04. The van der Waals surface area contributed by atoms with Crippen molar-refractivity contribution in [1.82, 2.24) is 15.0 Å². The molecule has 2 aromatic rings. The normalized spacial score (nSPS) is 12.4. The number of aromatic nitrogens is 3. The van der Waals surface area contributed by atoms with Crippen molar-refractivity contribution >= 4 is 34.8 Å². The minimum absolute atomic E-state index is 0.0922. The Morgan fingerprint density at radius 2 is 2.12 bits per heavy atom. The number of nitrogens with one attached hydrogen (secondary N) is 1. The molecule has 7 heteroatoms. The molecule has 17 heavy (non-hydrogen) atoms. The number of nitrogens with two attached hydrogens (primary N) is 1. The highest BCUT2D eigenvalue weighted by Crippen LogP contribution is 2.24. The van der Waals surface area contributed by atoms with Crippen molar-refractivity contribution in [2.24, 2.45) is 0 Å². The number of thiophene rings is 1.